The van der Waals surface area contributed by atoms with Crippen LogP contribution in [0, 0.1) is 11.8 Å². The number of ether oxygens (including phenoxy) is 1. The summed E-state index contributed by atoms with van der Waals surface area (Å²) in [7, 11) is 1.79. The molecule has 0 aliphatic heterocycles. The van der Waals surface area contributed by atoms with Crippen LogP contribution in [0.3, 0.4) is 0 Å². The lowest BCUT2D eigenvalue weighted by Gasteiger charge is -2.28. The lowest BCUT2D eigenvalue weighted by molar-refractivity contribution is 0.398. The average Bonchev–Trinajstić information content (AvgIpc) is 2.83. The molecule has 2 aliphatic carbocycles. The molecule has 2 aliphatic rings. The van der Waals surface area contributed by atoms with Gasteiger partial charge < -0.3 is 4.74 Å². The van der Waals surface area contributed by atoms with E-state index in [1.165, 1.54) is 24.8 Å². The quantitative estimate of drug-likeness (QED) is 0.697. The van der Waals surface area contributed by atoms with Gasteiger partial charge in [-0.2, -0.15) is 0 Å². The number of hydrogen-bond donors (Lipinski definition) is 0. The normalized spacial score (nSPS) is 35.9. The van der Waals surface area contributed by atoms with Crippen molar-refractivity contribution in [3.05, 3.63) is 29.3 Å². The Morgan fingerprint density at radius 2 is 2.00 bits per heavy atom. The molecule has 1 fully saturated rings. The SMILES string of the molecule is COc1cccc2c1CCCC21C(C)C1C. The minimum absolute atomic E-state index is 0.488. The molecule has 1 aromatic rings. The van der Waals surface area contributed by atoms with Crippen LogP contribution in [0.4, 0.5) is 0 Å². The van der Waals surface area contributed by atoms with Gasteiger partial charge in [-0.1, -0.05) is 26.0 Å². The second kappa shape index (κ2) is 3.26. The van der Waals surface area contributed by atoms with Gasteiger partial charge in [-0.3, -0.25) is 0 Å². The molecule has 16 heavy (non-hydrogen) atoms. The molecule has 0 bridgehead atoms. The molecular formula is C15H20O. The smallest absolute Gasteiger partial charge is 0.122 e. The Kier molecular flexibility index (Phi) is 2.07. The highest BCUT2D eigenvalue weighted by Gasteiger charge is 2.61. The standard InChI is InChI=1S/C15H20O/c1-10-11(2)15(10)9-5-6-12-13(15)7-4-8-14(12)16-3/h4,7-8,10-11H,5-6,9H2,1-3H3. The largest absolute Gasteiger partial charge is 0.496 e. The predicted molar refractivity (Wildman–Crippen MR) is 65.9 cm³/mol. The minimum atomic E-state index is 0.488. The highest BCUT2D eigenvalue weighted by molar-refractivity contribution is 5.50. The summed E-state index contributed by atoms with van der Waals surface area (Å²) in [6.07, 6.45) is 3.89. The van der Waals surface area contributed by atoms with Crippen LogP contribution >= 0.6 is 0 Å². The predicted octanol–water partition coefficient (Wildman–Crippen LogP) is 3.56. The number of benzene rings is 1. The van der Waals surface area contributed by atoms with Crippen LogP contribution in [0.5, 0.6) is 5.75 Å². The number of fused-ring (bicyclic) bond motifs is 2. The summed E-state index contributed by atoms with van der Waals surface area (Å²) in [5.74, 6) is 2.79. The zero-order chi connectivity index (χ0) is 11.3. The fraction of sp³-hybridized carbons (Fsp3) is 0.600. The molecule has 1 saturated carbocycles. The Labute approximate surface area is 97.8 Å². The van der Waals surface area contributed by atoms with E-state index in [0.717, 1.165) is 17.6 Å². The van der Waals surface area contributed by atoms with Crippen molar-refractivity contribution in [2.45, 2.75) is 38.5 Å². The lowest BCUT2D eigenvalue weighted by atomic mass is 9.77. The van der Waals surface area contributed by atoms with Gasteiger partial charge in [-0.25, -0.2) is 0 Å². The molecule has 86 valence electrons. The van der Waals surface area contributed by atoms with Crippen molar-refractivity contribution in [2.75, 3.05) is 7.11 Å². The van der Waals surface area contributed by atoms with Crippen LogP contribution in [0.25, 0.3) is 0 Å². The summed E-state index contributed by atoms with van der Waals surface area (Å²) in [5.41, 5.74) is 3.55. The van der Waals surface area contributed by atoms with Crippen LogP contribution < -0.4 is 4.74 Å². The van der Waals surface area contributed by atoms with Crippen molar-refractivity contribution < 1.29 is 4.74 Å². The van der Waals surface area contributed by atoms with E-state index in [1.54, 1.807) is 12.7 Å². The summed E-state index contributed by atoms with van der Waals surface area (Å²) < 4.78 is 5.50. The van der Waals surface area contributed by atoms with Gasteiger partial charge in [-0.15, -0.1) is 0 Å². The number of hydrogen-bond acceptors (Lipinski definition) is 1. The second-order valence-electron chi connectivity index (χ2n) is 5.46. The first-order chi connectivity index (χ1) is 7.71. The molecule has 1 heteroatoms. The van der Waals surface area contributed by atoms with Crippen molar-refractivity contribution in [1.29, 1.82) is 0 Å². The Morgan fingerprint density at radius 1 is 1.25 bits per heavy atom. The van der Waals surface area contributed by atoms with Gasteiger partial charge in [0, 0.05) is 5.41 Å². The molecule has 0 heterocycles. The van der Waals surface area contributed by atoms with Crippen molar-refractivity contribution in [2.24, 2.45) is 11.8 Å². The molecule has 0 radical (unpaired) electrons. The fourth-order valence-electron chi connectivity index (χ4n) is 3.95. The molecular weight excluding hydrogens is 196 g/mol. The van der Waals surface area contributed by atoms with Crippen LogP contribution in [0.15, 0.2) is 18.2 Å². The van der Waals surface area contributed by atoms with Gasteiger partial charge in [0.25, 0.3) is 0 Å². The van der Waals surface area contributed by atoms with E-state index < -0.39 is 0 Å². The van der Waals surface area contributed by atoms with Crippen LogP contribution in [0.2, 0.25) is 0 Å². The van der Waals surface area contributed by atoms with E-state index in [4.69, 9.17) is 4.74 Å². The molecule has 1 aromatic carbocycles. The maximum Gasteiger partial charge on any atom is 0.122 e. The third kappa shape index (κ3) is 1.07. The first kappa shape index (κ1) is 10.2. The maximum absolute atomic E-state index is 5.50. The molecule has 0 amide bonds. The van der Waals surface area contributed by atoms with Gasteiger partial charge in [0.05, 0.1) is 7.11 Å². The van der Waals surface area contributed by atoms with Crippen molar-refractivity contribution in [1.82, 2.24) is 0 Å². The van der Waals surface area contributed by atoms with E-state index in [2.05, 4.69) is 32.0 Å². The average molecular weight is 216 g/mol. The summed E-state index contributed by atoms with van der Waals surface area (Å²) in [4.78, 5) is 0. The number of methoxy groups -OCH3 is 1. The summed E-state index contributed by atoms with van der Waals surface area (Å²) in [5, 5.41) is 0. The molecule has 0 aromatic heterocycles. The third-order valence-corrected chi connectivity index (χ3v) is 5.14. The molecule has 2 unspecified atom stereocenters. The van der Waals surface area contributed by atoms with E-state index in [1.807, 2.05) is 0 Å². The molecule has 1 spiro atoms. The summed E-state index contributed by atoms with van der Waals surface area (Å²) >= 11 is 0. The highest BCUT2D eigenvalue weighted by Crippen LogP contribution is 2.65. The molecule has 2 atom stereocenters. The van der Waals surface area contributed by atoms with Gasteiger partial charge >= 0.3 is 0 Å². The van der Waals surface area contributed by atoms with Gasteiger partial charge in [0.1, 0.15) is 5.75 Å². The van der Waals surface area contributed by atoms with Crippen LogP contribution in [-0.2, 0) is 11.8 Å². The Morgan fingerprint density at radius 3 is 2.62 bits per heavy atom. The number of rotatable bonds is 1. The first-order valence-corrected chi connectivity index (χ1v) is 6.38. The molecule has 3 rings (SSSR count). The highest BCUT2D eigenvalue weighted by atomic mass is 16.5. The minimum Gasteiger partial charge on any atom is -0.496 e. The zero-order valence-corrected chi connectivity index (χ0v) is 10.4. The van der Waals surface area contributed by atoms with Crippen LogP contribution in [-0.4, -0.2) is 7.11 Å². The second-order valence-corrected chi connectivity index (χ2v) is 5.46. The van der Waals surface area contributed by atoms with Crippen molar-refractivity contribution in [3.63, 3.8) is 0 Å². The molecule has 0 saturated heterocycles. The maximum atomic E-state index is 5.50. The van der Waals surface area contributed by atoms with Gasteiger partial charge in [-0.05, 0) is 48.3 Å². The third-order valence-electron chi connectivity index (χ3n) is 5.14. The fourth-order valence-corrected chi connectivity index (χ4v) is 3.95. The summed E-state index contributed by atoms with van der Waals surface area (Å²) in [6, 6.07) is 6.59. The van der Waals surface area contributed by atoms with E-state index >= 15 is 0 Å². The first-order valence-electron chi connectivity index (χ1n) is 6.38. The van der Waals surface area contributed by atoms with Crippen molar-refractivity contribution in [3.8, 4) is 5.75 Å². The Balaban J connectivity index is 2.14. The topological polar surface area (TPSA) is 9.23 Å². The Hall–Kier alpha value is -0.980. The van der Waals surface area contributed by atoms with Gasteiger partial charge in [0.15, 0.2) is 0 Å². The molecule has 1 nitrogen and oxygen atoms in total. The zero-order valence-electron chi connectivity index (χ0n) is 10.4. The van der Waals surface area contributed by atoms with E-state index in [9.17, 15) is 0 Å². The Bertz CT molecular complexity index is 413. The van der Waals surface area contributed by atoms with Crippen LogP contribution in [0.1, 0.15) is 37.8 Å². The van der Waals surface area contributed by atoms with E-state index in [0.29, 0.717) is 5.41 Å². The monoisotopic (exact) mass is 216 g/mol. The van der Waals surface area contributed by atoms with Crippen molar-refractivity contribution >= 4 is 0 Å². The molecule has 0 N–H and O–H groups in total. The summed E-state index contributed by atoms with van der Waals surface area (Å²) in [6.45, 7) is 4.80. The lowest BCUT2D eigenvalue weighted by Crippen LogP contribution is -2.19. The van der Waals surface area contributed by atoms with Gasteiger partial charge in [0.2, 0.25) is 0 Å². The van der Waals surface area contributed by atoms with E-state index in [-0.39, 0.29) is 0 Å².